The minimum Gasteiger partial charge on any atom is -0.380 e. The molecule has 4 heteroatoms. The van der Waals surface area contributed by atoms with Crippen molar-refractivity contribution in [2.75, 3.05) is 5.32 Å². The van der Waals surface area contributed by atoms with E-state index in [4.69, 9.17) is 0 Å². The van der Waals surface area contributed by atoms with E-state index in [0.29, 0.717) is 0 Å². The van der Waals surface area contributed by atoms with Crippen molar-refractivity contribution >= 4 is 33.0 Å². The lowest BCUT2D eigenvalue weighted by molar-refractivity contribution is 1.17. The molecular formula is C16H13BrN2S. The second kappa shape index (κ2) is 6.20. The normalized spacial score (nSPS) is 10.4. The Morgan fingerprint density at radius 3 is 2.50 bits per heavy atom. The van der Waals surface area contributed by atoms with E-state index in [1.165, 1.54) is 4.88 Å². The number of benzene rings is 2. The minimum atomic E-state index is 0.804. The molecule has 3 rings (SSSR count). The number of halogens is 1. The molecule has 0 atom stereocenters. The molecule has 0 amide bonds. The first-order valence-corrected chi connectivity index (χ1v) is 7.92. The summed E-state index contributed by atoms with van der Waals surface area (Å²) in [6, 6.07) is 18.5. The Balaban J connectivity index is 1.69. The van der Waals surface area contributed by atoms with E-state index in [2.05, 4.69) is 50.5 Å². The highest BCUT2D eigenvalue weighted by atomic mass is 79.9. The Morgan fingerprint density at radius 2 is 1.75 bits per heavy atom. The molecule has 0 aliphatic carbocycles. The largest absolute Gasteiger partial charge is 0.380 e. The number of para-hydroxylation sites is 1. The van der Waals surface area contributed by atoms with Crippen LogP contribution in [0.1, 0.15) is 4.88 Å². The summed E-state index contributed by atoms with van der Waals surface area (Å²) in [4.78, 5) is 5.72. The van der Waals surface area contributed by atoms with Crippen molar-refractivity contribution in [1.29, 1.82) is 0 Å². The summed E-state index contributed by atoms with van der Waals surface area (Å²) in [7, 11) is 0. The van der Waals surface area contributed by atoms with Crippen molar-refractivity contribution in [2.24, 2.45) is 0 Å². The van der Waals surface area contributed by atoms with Crippen LogP contribution < -0.4 is 5.32 Å². The summed E-state index contributed by atoms with van der Waals surface area (Å²) in [6.45, 7) is 0.804. The molecule has 0 unspecified atom stereocenters. The van der Waals surface area contributed by atoms with Crippen molar-refractivity contribution in [3.8, 4) is 10.6 Å². The first-order chi connectivity index (χ1) is 9.81. The van der Waals surface area contributed by atoms with Gasteiger partial charge in [-0.1, -0.05) is 46.3 Å². The van der Waals surface area contributed by atoms with Gasteiger partial charge in [0.1, 0.15) is 5.01 Å². The molecule has 0 fully saturated rings. The molecule has 0 saturated heterocycles. The second-order valence-electron chi connectivity index (χ2n) is 4.36. The maximum Gasteiger partial charge on any atom is 0.123 e. The van der Waals surface area contributed by atoms with E-state index in [9.17, 15) is 0 Å². The van der Waals surface area contributed by atoms with Crippen molar-refractivity contribution < 1.29 is 0 Å². The van der Waals surface area contributed by atoms with E-state index in [-0.39, 0.29) is 0 Å². The maximum atomic E-state index is 4.49. The number of thiazole rings is 1. The van der Waals surface area contributed by atoms with Gasteiger partial charge in [-0.05, 0) is 24.3 Å². The van der Waals surface area contributed by atoms with Crippen LogP contribution in [0.2, 0.25) is 0 Å². The van der Waals surface area contributed by atoms with E-state index in [1.807, 2.05) is 36.5 Å². The fourth-order valence-electron chi connectivity index (χ4n) is 1.86. The van der Waals surface area contributed by atoms with Gasteiger partial charge in [0.25, 0.3) is 0 Å². The third-order valence-corrected chi connectivity index (χ3v) is 4.46. The summed E-state index contributed by atoms with van der Waals surface area (Å²) in [5.74, 6) is 0. The quantitative estimate of drug-likeness (QED) is 0.704. The zero-order chi connectivity index (χ0) is 13.8. The highest BCUT2D eigenvalue weighted by molar-refractivity contribution is 9.10. The molecule has 1 aromatic heterocycles. The Hall–Kier alpha value is -1.65. The average molecular weight is 345 g/mol. The van der Waals surface area contributed by atoms with Crippen LogP contribution in [0.25, 0.3) is 10.6 Å². The maximum absolute atomic E-state index is 4.49. The number of aromatic nitrogens is 1. The van der Waals surface area contributed by atoms with Gasteiger partial charge in [0.15, 0.2) is 0 Å². The third kappa shape index (κ3) is 3.26. The minimum absolute atomic E-state index is 0.804. The van der Waals surface area contributed by atoms with Gasteiger partial charge in [-0.3, -0.25) is 0 Å². The summed E-state index contributed by atoms with van der Waals surface area (Å²) in [5.41, 5.74) is 2.29. The summed E-state index contributed by atoms with van der Waals surface area (Å²) < 4.78 is 1.09. The van der Waals surface area contributed by atoms with Gasteiger partial charge >= 0.3 is 0 Å². The van der Waals surface area contributed by atoms with E-state index in [0.717, 1.165) is 27.3 Å². The molecule has 2 nitrogen and oxygen atoms in total. The van der Waals surface area contributed by atoms with Gasteiger partial charge in [-0.2, -0.15) is 0 Å². The highest BCUT2D eigenvalue weighted by Crippen LogP contribution is 2.26. The Bertz CT molecular complexity index is 677. The zero-order valence-corrected chi connectivity index (χ0v) is 13.1. The zero-order valence-electron chi connectivity index (χ0n) is 10.7. The molecule has 0 radical (unpaired) electrons. The predicted molar refractivity (Wildman–Crippen MR) is 89.0 cm³/mol. The van der Waals surface area contributed by atoms with E-state index < -0.39 is 0 Å². The molecule has 100 valence electrons. The Kier molecular flexibility index (Phi) is 4.14. The Labute approximate surface area is 130 Å². The predicted octanol–water partition coefficient (Wildman–Crippen LogP) is 5.18. The lowest BCUT2D eigenvalue weighted by Crippen LogP contribution is -1.96. The molecule has 0 bridgehead atoms. The van der Waals surface area contributed by atoms with Crippen LogP contribution in [0.3, 0.4) is 0 Å². The standard InChI is InChI=1S/C16H13BrN2S/c17-13-8-6-12(7-9-13)16-19-11-15(20-16)10-18-14-4-2-1-3-5-14/h1-9,11,18H,10H2. The van der Waals surface area contributed by atoms with Crippen molar-refractivity contribution in [2.45, 2.75) is 6.54 Å². The van der Waals surface area contributed by atoms with Crippen LogP contribution in [-0.4, -0.2) is 4.98 Å². The molecule has 1 N–H and O–H groups in total. The second-order valence-corrected chi connectivity index (χ2v) is 6.39. The smallest absolute Gasteiger partial charge is 0.123 e. The van der Waals surface area contributed by atoms with Crippen LogP contribution in [0.5, 0.6) is 0 Å². The van der Waals surface area contributed by atoms with Crippen LogP contribution in [0.15, 0.2) is 65.3 Å². The number of nitrogens with one attached hydrogen (secondary N) is 1. The van der Waals surface area contributed by atoms with Gasteiger partial charge in [0.05, 0.1) is 6.54 Å². The summed E-state index contributed by atoms with van der Waals surface area (Å²) in [5, 5.41) is 4.46. The average Bonchev–Trinajstić information content (AvgIpc) is 2.96. The number of anilines is 1. The summed E-state index contributed by atoms with van der Waals surface area (Å²) >= 11 is 5.17. The van der Waals surface area contributed by atoms with E-state index in [1.54, 1.807) is 11.3 Å². The fourth-order valence-corrected chi connectivity index (χ4v) is 2.98. The van der Waals surface area contributed by atoms with Crippen LogP contribution in [0.4, 0.5) is 5.69 Å². The first-order valence-electron chi connectivity index (χ1n) is 6.31. The molecule has 3 aromatic rings. The van der Waals surface area contributed by atoms with E-state index >= 15 is 0 Å². The SMILES string of the molecule is Brc1ccc(-c2ncc(CNc3ccccc3)s2)cc1. The highest BCUT2D eigenvalue weighted by Gasteiger charge is 2.04. The molecule has 0 aliphatic heterocycles. The van der Waals surface area contributed by atoms with Crippen LogP contribution >= 0.6 is 27.3 Å². The summed E-state index contributed by atoms with van der Waals surface area (Å²) in [6.07, 6.45) is 1.94. The number of nitrogens with zero attached hydrogens (tertiary/aromatic N) is 1. The number of rotatable bonds is 4. The van der Waals surface area contributed by atoms with Crippen molar-refractivity contribution in [3.05, 3.63) is 70.1 Å². The molecule has 2 aromatic carbocycles. The Morgan fingerprint density at radius 1 is 1.00 bits per heavy atom. The van der Waals surface area contributed by atoms with Gasteiger partial charge in [0.2, 0.25) is 0 Å². The van der Waals surface area contributed by atoms with Gasteiger partial charge < -0.3 is 5.32 Å². The molecular weight excluding hydrogens is 332 g/mol. The van der Waals surface area contributed by atoms with Crippen LogP contribution in [0, 0.1) is 0 Å². The van der Waals surface area contributed by atoms with Gasteiger partial charge in [0, 0.05) is 26.8 Å². The van der Waals surface area contributed by atoms with Crippen molar-refractivity contribution in [3.63, 3.8) is 0 Å². The fraction of sp³-hybridized carbons (Fsp3) is 0.0625. The first kappa shape index (κ1) is 13.3. The lowest BCUT2D eigenvalue weighted by Gasteiger charge is -2.03. The molecule has 0 spiro atoms. The monoisotopic (exact) mass is 344 g/mol. The van der Waals surface area contributed by atoms with Gasteiger partial charge in [-0.15, -0.1) is 11.3 Å². The molecule has 0 saturated carbocycles. The van der Waals surface area contributed by atoms with Crippen molar-refractivity contribution in [1.82, 2.24) is 4.98 Å². The lowest BCUT2D eigenvalue weighted by atomic mass is 10.2. The number of hydrogen-bond acceptors (Lipinski definition) is 3. The van der Waals surface area contributed by atoms with Gasteiger partial charge in [-0.25, -0.2) is 4.98 Å². The molecule has 20 heavy (non-hydrogen) atoms. The topological polar surface area (TPSA) is 24.9 Å². The van der Waals surface area contributed by atoms with Crippen LogP contribution in [-0.2, 0) is 6.54 Å². The third-order valence-electron chi connectivity index (χ3n) is 2.89. The molecule has 1 heterocycles. The number of hydrogen-bond donors (Lipinski definition) is 1. The molecule has 0 aliphatic rings.